The molecule has 1 aromatic rings. The van der Waals surface area contributed by atoms with E-state index in [0.29, 0.717) is 6.10 Å². The molecular weight excluding hydrogens is 252 g/mol. The molecule has 3 atom stereocenters. The molecule has 1 aliphatic heterocycles. The molecule has 20 heavy (non-hydrogen) atoms. The zero-order chi connectivity index (χ0) is 14.4. The SMILES string of the molecule is CCCOC1CCCN(C(c2ccco2)C(N)CC)C1. The number of hydrogen-bond acceptors (Lipinski definition) is 4. The van der Waals surface area contributed by atoms with E-state index in [2.05, 4.69) is 18.7 Å². The molecular formula is C16H28N2O2. The Balaban J connectivity index is 2.04. The molecule has 1 fully saturated rings. The van der Waals surface area contributed by atoms with Crippen LogP contribution in [0, 0.1) is 0 Å². The molecule has 4 heteroatoms. The van der Waals surface area contributed by atoms with Gasteiger partial charge in [-0.05, 0) is 44.4 Å². The van der Waals surface area contributed by atoms with Gasteiger partial charge in [-0.3, -0.25) is 4.90 Å². The molecule has 2 rings (SSSR count). The number of rotatable bonds is 7. The summed E-state index contributed by atoms with van der Waals surface area (Å²) in [6, 6.07) is 4.25. The molecule has 0 bridgehead atoms. The first-order chi connectivity index (χ1) is 9.76. The average molecular weight is 280 g/mol. The zero-order valence-corrected chi connectivity index (χ0v) is 12.8. The molecule has 0 spiro atoms. The van der Waals surface area contributed by atoms with Crippen LogP contribution >= 0.6 is 0 Å². The molecule has 2 N–H and O–H groups in total. The predicted molar refractivity (Wildman–Crippen MR) is 80.6 cm³/mol. The summed E-state index contributed by atoms with van der Waals surface area (Å²) in [6.07, 6.45) is 6.42. The third-order valence-corrected chi connectivity index (χ3v) is 4.07. The maximum atomic E-state index is 6.34. The summed E-state index contributed by atoms with van der Waals surface area (Å²) in [5, 5.41) is 0. The Labute approximate surface area is 122 Å². The Morgan fingerprint density at radius 2 is 2.35 bits per heavy atom. The van der Waals surface area contributed by atoms with E-state index in [9.17, 15) is 0 Å². The van der Waals surface area contributed by atoms with Gasteiger partial charge >= 0.3 is 0 Å². The lowest BCUT2D eigenvalue weighted by Gasteiger charge is -2.39. The lowest BCUT2D eigenvalue weighted by Crippen LogP contribution is -2.47. The van der Waals surface area contributed by atoms with Crippen molar-refractivity contribution in [2.24, 2.45) is 5.73 Å². The van der Waals surface area contributed by atoms with Crippen LogP contribution in [0.1, 0.15) is 51.3 Å². The molecule has 0 amide bonds. The van der Waals surface area contributed by atoms with Crippen LogP contribution in [-0.2, 0) is 4.74 Å². The number of nitrogens with two attached hydrogens (primary N) is 1. The van der Waals surface area contributed by atoms with Gasteiger partial charge in [0.1, 0.15) is 5.76 Å². The van der Waals surface area contributed by atoms with Gasteiger partial charge in [-0.2, -0.15) is 0 Å². The first-order valence-corrected chi connectivity index (χ1v) is 7.90. The van der Waals surface area contributed by atoms with Crippen molar-refractivity contribution < 1.29 is 9.15 Å². The maximum Gasteiger partial charge on any atom is 0.122 e. The van der Waals surface area contributed by atoms with Gasteiger partial charge < -0.3 is 14.9 Å². The standard InChI is InChI=1S/C16H28N2O2/c1-3-10-19-13-7-5-9-18(12-13)16(14(17)4-2)15-8-6-11-20-15/h6,8,11,13-14,16H,3-5,7,9-10,12,17H2,1-2H3. The Morgan fingerprint density at radius 3 is 3.00 bits per heavy atom. The topological polar surface area (TPSA) is 51.6 Å². The van der Waals surface area contributed by atoms with E-state index in [0.717, 1.165) is 44.7 Å². The summed E-state index contributed by atoms with van der Waals surface area (Å²) >= 11 is 0. The lowest BCUT2D eigenvalue weighted by atomic mass is 9.98. The number of piperidine rings is 1. The minimum absolute atomic E-state index is 0.103. The van der Waals surface area contributed by atoms with Gasteiger partial charge in [0, 0.05) is 19.2 Å². The van der Waals surface area contributed by atoms with Gasteiger partial charge in [0.05, 0.1) is 18.4 Å². The number of ether oxygens (including phenoxy) is 1. The predicted octanol–water partition coefficient (Wildman–Crippen LogP) is 2.95. The molecule has 4 nitrogen and oxygen atoms in total. The van der Waals surface area contributed by atoms with Gasteiger partial charge in [0.15, 0.2) is 0 Å². The summed E-state index contributed by atoms with van der Waals surface area (Å²) in [4.78, 5) is 2.44. The normalized spacial score (nSPS) is 23.6. The highest BCUT2D eigenvalue weighted by molar-refractivity contribution is 5.08. The summed E-state index contributed by atoms with van der Waals surface area (Å²) in [7, 11) is 0. The highest BCUT2D eigenvalue weighted by Crippen LogP contribution is 2.29. The molecule has 0 radical (unpaired) electrons. The highest BCUT2D eigenvalue weighted by atomic mass is 16.5. The molecule has 114 valence electrons. The van der Waals surface area contributed by atoms with E-state index in [4.69, 9.17) is 14.9 Å². The maximum absolute atomic E-state index is 6.34. The van der Waals surface area contributed by atoms with E-state index in [1.807, 2.05) is 12.1 Å². The Bertz CT molecular complexity index is 367. The second-order valence-electron chi connectivity index (χ2n) is 5.66. The summed E-state index contributed by atoms with van der Waals surface area (Å²) in [6.45, 7) is 7.17. The molecule has 0 saturated carbocycles. The van der Waals surface area contributed by atoms with Gasteiger partial charge in [-0.1, -0.05) is 13.8 Å². The first kappa shape index (κ1) is 15.5. The van der Waals surface area contributed by atoms with Crippen molar-refractivity contribution in [2.75, 3.05) is 19.7 Å². The lowest BCUT2D eigenvalue weighted by molar-refractivity contribution is -0.0194. The Hall–Kier alpha value is -0.840. The van der Waals surface area contributed by atoms with Crippen molar-refractivity contribution in [3.63, 3.8) is 0 Å². The van der Waals surface area contributed by atoms with E-state index in [1.165, 1.54) is 6.42 Å². The summed E-state index contributed by atoms with van der Waals surface area (Å²) in [5.41, 5.74) is 6.34. The number of hydrogen-bond donors (Lipinski definition) is 1. The van der Waals surface area contributed by atoms with Gasteiger partial charge in [-0.15, -0.1) is 0 Å². The molecule has 3 unspecified atom stereocenters. The third-order valence-electron chi connectivity index (χ3n) is 4.07. The van der Waals surface area contributed by atoms with E-state index >= 15 is 0 Å². The second-order valence-corrected chi connectivity index (χ2v) is 5.66. The minimum Gasteiger partial charge on any atom is -0.468 e. The molecule has 1 aromatic heterocycles. The van der Waals surface area contributed by atoms with Crippen LogP contribution in [0.5, 0.6) is 0 Å². The molecule has 0 aromatic carbocycles. The van der Waals surface area contributed by atoms with Crippen molar-refractivity contribution in [3.05, 3.63) is 24.2 Å². The van der Waals surface area contributed by atoms with Crippen LogP contribution < -0.4 is 5.73 Å². The molecule has 1 aliphatic rings. The first-order valence-electron chi connectivity index (χ1n) is 7.90. The third kappa shape index (κ3) is 3.84. The zero-order valence-electron chi connectivity index (χ0n) is 12.8. The quantitative estimate of drug-likeness (QED) is 0.834. The Kier molecular flexibility index (Phi) is 6.07. The molecule has 2 heterocycles. The van der Waals surface area contributed by atoms with E-state index in [1.54, 1.807) is 6.26 Å². The van der Waals surface area contributed by atoms with Crippen molar-refractivity contribution in [2.45, 2.75) is 57.7 Å². The number of furan rings is 1. The van der Waals surface area contributed by atoms with Crippen LogP contribution in [0.3, 0.4) is 0 Å². The monoisotopic (exact) mass is 280 g/mol. The van der Waals surface area contributed by atoms with Crippen LogP contribution in [0.2, 0.25) is 0 Å². The van der Waals surface area contributed by atoms with Gasteiger partial charge in [0.25, 0.3) is 0 Å². The van der Waals surface area contributed by atoms with Crippen LogP contribution in [0.15, 0.2) is 22.8 Å². The van der Waals surface area contributed by atoms with Crippen molar-refractivity contribution in [1.29, 1.82) is 0 Å². The van der Waals surface area contributed by atoms with E-state index in [-0.39, 0.29) is 12.1 Å². The highest BCUT2D eigenvalue weighted by Gasteiger charge is 2.32. The minimum atomic E-state index is 0.103. The van der Waals surface area contributed by atoms with Crippen LogP contribution in [0.25, 0.3) is 0 Å². The van der Waals surface area contributed by atoms with Crippen LogP contribution in [-0.4, -0.2) is 36.7 Å². The average Bonchev–Trinajstić information content (AvgIpc) is 2.99. The van der Waals surface area contributed by atoms with Crippen molar-refractivity contribution in [3.8, 4) is 0 Å². The molecule has 0 aliphatic carbocycles. The van der Waals surface area contributed by atoms with Gasteiger partial charge in [0.2, 0.25) is 0 Å². The van der Waals surface area contributed by atoms with Crippen LogP contribution in [0.4, 0.5) is 0 Å². The van der Waals surface area contributed by atoms with E-state index < -0.39 is 0 Å². The van der Waals surface area contributed by atoms with Crippen molar-refractivity contribution >= 4 is 0 Å². The summed E-state index contributed by atoms with van der Waals surface area (Å²) < 4.78 is 11.6. The fourth-order valence-electron chi connectivity index (χ4n) is 2.98. The largest absolute Gasteiger partial charge is 0.468 e. The Morgan fingerprint density at radius 1 is 1.50 bits per heavy atom. The fourth-order valence-corrected chi connectivity index (χ4v) is 2.98. The van der Waals surface area contributed by atoms with Gasteiger partial charge in [-0.25, -0.2) is 0 Å². The summed E-state index contributed by atoms with van der Waals surface area (Å²) in [5.74, 6) is 0.982. The number of nitrogens with zero attached hydrogens (tertiary/aromatic N) is 1. The number of likely N-dealkylation sites (tertiary alicyclic amines) is 1. The van der Waals surface area contributed by atoms with Crippen molar-refractivity contribution in [1.82, 2.24) is 4.90 Å². The second kappa shape index (κ2) is 7.81. The smallest absolute Gasteiger partial charge is 0.122 e. The molecule has 1 saturated heterocycles. The fraction of sp³-hybridized carbons (Fsp3) is 0.750.